The summed E-state index contributed by atoms with van der Waals surface area (Å²) in [6.45, 7) is 2.05. The summed E-state index contributed by atoms with van der Waals surface area (Å²) in [5.74, 6) is -0.616. The minimum absolute atomic E-state index is 0.123. The Morgan fingerprint density at radius 3 is 2.47 bits per heavy atom. The van der Waals surface area contributed by atoms with E-state index in [0.717, 1.165) is 5.56 Å². The van der Waals surface area contributed by atoms with E-state index in [1.165, 1.54) is 4.90 Å². The molecule has 1 aromatic rings. The van der Waals surface area contributed by atoms with Gasteiger partial charge in [0, 0.05) is 24.2 Å². The quantitative estimate of drug-likeness (QED) is 0.806. The molecule has 0 aromatic heterocycles. The van der Waals surface area contributed by atoms with E-state index < -0.39 is 16.4 Å². The number of hydrogen-bond acceptors (Lipinski definition) is 3. The van der Waals surface area contributed by atoms with Crippen LogP contribution in [0.25, 0.3) is 0 Å². The Labute approximate surface area is 120 Å². The first-order valence-corrected chi connectivity index (χ1v) is 6.46. The molecule has 0 aliphatic carbocycles. The standard InChI is InChI=1S/C13H11Cl2NO3/c1-7-4-8(12(14)18)2-3-10(7)16-6-9(13(15)19)5-11(16)17/h2-4,9H,5-6H2,1H3/t9-/m0/s1. The average Bonchev–Trinajstić information content (AvgIpc) is 2.71. The van der Waals surface area contributed by atoms with E-state index in [-0.39, 0.29) is 18.9 Å². The molecule has 0 spiro atoms. The predicted octanol–water partition coefficient (Wildman–Crippen LogP) is 2.49. The highest BCUT2D eigenvalue weighted by atomic mass is 35.5. The third-order valence-corrected chi connectivity index (χ3v) is 3.69. The van der Waals surface area contributed by atoms with Crippen molar-refractivity contribution in [2.75, 3.05) is 11.4 Å². The first-order valence-electron chi connectivity index (χ1n) is 5.70. The van der Waals surface area contributed by atoms with Crippen molar-refractivity contribution in [2.24, 2.45) is 5.92 Å². The predicted molar refractivity (Wildman–Crippen MR) is 72.7 cm³/mol. The van der Waals surface area contributed by atoms with Gasteiger partial charge in [-0.25, -0.2) is 0 Å². The van der Waals surface area contributed by atoms with Gasteiger partial charge < -0.3 is 4.90 Å². The Kier molecular flexibility index (Phi) is 3.92. The maximum Gasteiger partial charge on any atom is 0.252 e. The number of benzene rings is 1. The van der Waals surface area contributed by atoms with E-state index in [4.69, 9.17) is 23.2 Å². The van der Waals surface area contributed by atoms with Crippen LogP contribution >= 0.6 is 23.2 Å². The molecule has 1 atom stereocenters. The van der Waals surface area contributed by atoms with Crippen LogP contribution in [0.3, 0.4) is 0 Å². The van der Waals surface area contributed by atoms with Crippen LogP contribution in [0, 0.1) is 12.8 Å². The van der Waals surface area contributed by atoms with Crippen molar-refractivity contribution in [3.63, 3.8) is 0 Å². The third-order valence-electron chi connectivity index (χ3n) is 3.16. The molecule has 4 nitrogen and oxygen atoms in total. The molecule has 0 saturated carbocycles. The first-order chi connectivity index (χ1) is 8.90. The zero-order valence-corrected chi connectivity index (χ0v) is 11.7. The van der Waals surface area contributed by atoms with Crippen LogP contribution in [-0.4, -0.2) is 22.9 Å². The van der Waals surface area contributed by atoms with Gasteiger partial charge in [0.05, 0.1) is 5.92 Å². The summed E-state index contributed by atoms with van der Waals surface area (Å²) in [5.41, 5.74) is 1.80. The van der Waals surface area contributed by atoms with Crippen LogP contribution in [0.15, 0.2) is 18.2 Å². The van der Waals surface area contributed by atoms with E-state index in [9.17, 15) is 14.4 Å². The maximum atomic E-state index is 11.9. The Balaban J connectivity index is 2.30. The van der Waals surface area contributed by atoms with Crippen molar-refractivity contribution in [3.05, 3.63) is 29.3 Å². The normalized spacial score (nSPS) is 18.8. The fourth-order valence-electron chi connectivity index (χ4n) is 2.17. The highest BCUT2D eigenvalue weighted by Gasteiger charge is 2.34. The number of nitrogens with zero attached hydrogens (tertiary/aromatic N) is 1. The molecule has 1 saturated heterocycles. The monoisotopic (exact) mass is 299 g/mol. The van der Waals surface area contributed by atoms with Gasteiger partial charge in [-0.1, -0.05) is 0 Å². The smallest absolute Gasteiger partial charge is 0.252 e. The van der Waals surface area contributed by atoms with Gasteiger partial charge in [0.1, 0.15) is 0 Å². The lowest BCUT2D eigenvalue weighted by Gasteiger charge is -2.19. The SMILES string of the molecule is Cc1cc(C(=O)Cl)ccc1N1C[C@@H](C(=O)Cl)CC1=O. The van der Waals surface area contributed by atoms with Crippen molar-refractivity contribution in [2.45, 2.75) is 13.3 Å². The number of carbonyl (C=O) groups is 3. The van der Waals surface area contributed by atoms with E-state index >= 15 is 0 Å². The van der Waals surface area contributed by atoms with Crippen LogP contribution in [0.1, 0.15) is 22.3 Å². The topological polar surface area (TPSA) is 54.5 Å². The highest BCUT2D eigenvalue weighted by molar-refractivity contribution is 6.67. The molecule has 1 aromatic carbocycles. The second-order valence-electron chi connectivity index (χ2n) is 4.48. The molecular formula is C13H11Cl2NO3. The summed E-state index contributed by atoms with van der Waals surface area (Å²) in [5, 5.41) is -1.04. The van der Waals surface area contributed by atoms with Gasteiger partial charge in [-0.05, 0) is 53.9 Å². The first kappa shape index (κ1) is 14.0. The Morgan fingerprint density at radius 1 is 1.32 bits per heavy atom. The Morgan fingerprint density at radius 2 is 2.00 bits per heavy atom. The molecular weight excluding hydrogens is 289 g/mol. The molecule has 1 heterocycles. The van der Waals surface area contributed by atoms with Crippen molar-refractivity contribution in [1.29, 1.82) is 0 Å². The van der Waals surface area contributed by atoms with Gasteiger partial charge in [0.25, 0.3) is 5.24 Å². The lowest BCUT2D eigenvalue weighted by molar-refractivity contribution is -0.120. The fraction of sp³-hybridized carbons (Fsp3) is 0.308. The molecule has 2 rings (SSSR count). The minimum Gasteiger partial charge on any atom is -0.311 e. The van der Waals surface area contributed by atoms with Gasteiger partial charge in [-0.2, -0.15) is 0 Å². The molecule has 0 unspecified atom stereocenters. The number of aryl methyl sites for hydroxylation is 1. The molecule has 19 heavy (non-hydrogen) atoms. The number of halogens is 2. The second kappa shape index (κ2) is 5.31. The largest absolute Gasteiger partial charge is 0.311 e. The van der Waals surface area contributed by atoms with Crippen molar-refractivity contribution >= 4 is 45.3 Å². The zero-order valence-electron chi connectivity index (χ0n) is 10.2. The van der Waals surface area contributed by atoms with Crippen molar-refractivity contribution in [3.8, 4) is 0 Å². The van der Waals surface area contributed by atoms with Gasteiger partial charge in [0.2, 0.25) is 11.1 Å². The lowest BCUT2D eigenvalue weighted by atomic mass is 10.1. The molecule has 1 aliphatic rings. The fourth-order valence-corrected chi connectivity index (χ4v) is 2.44. The van der Waals surface area contributed by atoms with E-state index in [2.05, 4.69) is 0 Å². The van der Waals surface area contributed by atoms with Crippen LogP contribution in [0.2, 0.25) is 0 Å². The Bertz CT molecular complexity index is 571. The summed E-state index contributed by atoms with van der Waals surface area (Å²) in [4.78, 5) is 35.6. The zero-order chi connectivity index (χ0) is 14.2. The lowest BCUT2D eigenvalue weighted by Crippen LogP contribution is -2.26. The number of amides is 1. The van der Waals surface area contributed by atoms with Crippen LogP contribution < -0.4 is 4.90 Å². The molecule has 1 aliphatic heterocycles. The summed E-state index contributed by atoms with van der Waals surface area (Å²) in [6, 6.07) is 4.83. The number of rotatable bonds is 3. The van der Waals surface area contributed by atoms with Crippen molar-refractivity contribution < 1.29 is 14.4 Å². The van der Waals surface area contributed by atoms with Gasteiger partial charge in [0.15, 0.2) is 0 Å². The number of hydrogen-bond donors (Lipinski definition) is 0. The molecule has 0 N–H and O–H groups in total. The molecule has 6 heteroatoms. The summed E-state index contributed by atoms with van der Waals surface area (Å²) < 4.78 is 0. The molecule has 1 amide bonds. The van der Waals surface area contributed by atoms with Crippen LogP contribution in [0.4, 0.5) is 5.69 Å². The summed E-state index contributed by atoms with van der Waals surface area (Å²) >= 11 is 10.8. The van der Waals surface area contributed by atoms with E-state index in [0.29, 0.717) is 11.3 Å². The number of carbonyl (C=O) groups excluding carboxylic acids is 3. The van der Waals surface area contributed by atoms with E-state index in [1.807, 2.05) is 0 Å². The number of anilines is 1. The van der Waals surface area contributed by atoms with Gasteiger partial charge in [-0.3, -0.25) is 14.4 Å². The minimum atomic E-state index is -0.545. The van der Waals surface area contributed by atoms with Gasteiger partial charge >= 0.3 is 0 Å². The molecule has 0 bridgehead atoms. The molecule has 1 fully saturated rings. The average molecular weight is 300 g/mol. The summed E-state index contributed by atoms with van der Waals surface area (Å²) in [7, 11) is 0. The third kappa shape index (κ3) is 2.80. The molecule has 0 radical (unpaired) electrons. The van der Waals surface area contributed by atoms with Crippen LogP contribution in [-0.2, 0) is 9.59 Å². The van der Waals surface area contributed by atoms with Crippen LogP contribution in [0.5, 0.6) is 0 Å². The maximum absolute atomic E-state index is 11.9. The Hall–Kier alpha value is -1.39. The second-order valence-corrected chi connectivity index (χ2v) is 5.20. The summed E-state index contributed by atoms with van der Waals surface area (Å²) in [6.07, 6.45) is 0.123. The highest BCUT2D eigenvalue weighted by Crippen LogP contribution is 2.29. The van der Waals surface area contributed by atoms with E-state index in [1.54, 1.807) is 25.1 Å². The van der Waals surface area contributed by atoms with Gasteiger partial charge in [-0.15, -0.1) is 0 Å². The van der Waals surface area contributed by atoms with Crippen molar-refractivity contribution in [1.82, 2.24) is 0 Å². The molecule has 100 valence electrons.